The zero-order valence-corrected chi connectivity index (χ0v) is 17.2. The van der Waals surface area contributed by atoms with Gasteiger partial charge in [-0.1, -0.05) is 60.1 Å². The molecule has 8 heteroatoms. The van der Waals surface area contributed by atoms with Crippen molar-refractivity contribution in [3.05, 3.63) is 76.8 Å². The van der Waals surface area contributed by atoms with E-state index in [0.29, 0.717) is 11.4 Å². The van der Waals surface area contributed by atoms with Gasteiger partial charge < -0.3 is 5.11 Å². The normalized spacial score (nSPS) is 24.7. The molecule has 152 valence electrons. The molecule has 2 aliphatic rings. The summed E-state index contributed by atoms with van der Waals surface area (Å²) in [5, 5.41) is 10.4. The summed E-state index contributed by atoms with van der Waals surface area (Å²) in [6.45, 7) is 0.481. The molecule has 0 saturated heterocycles. The summed E-state index contributed by atoms with van der Waals surface area (Å²) < 4.78 is 29.6. The Morgan fingerprint density at radius 1 is 1.14 bits per heavy atom. The van der Waals surface area contributed by atoms with Gasteiger partial charge in [0.2, 0.25) is 0 Å². The highest BCUT2D eigenvalue weighted by Gasteiger charge is 2.63. The first-order chi connectivity index (χ1) is 13.8. The van der Waals surface area contributed by atoms with Crippen molar-refractivity contribution in [1.29, 1.82) is 0 Å². The van der Waals surface area contributed by atoms with Crippen LogP contribution < -0.4 is 4.72 Å². The summed E-state index contributed by atoms with van der Waals surface area (Å²) in [6.07, 6.45) is 2.65. The zero-order valence-electron chi connectivity index (χ0n) is 15.6. The fourth-order valence-electron chi connectivity index (χ4n) is 3.83. The van der Waals surface area contributed by atoms with Crippen LogP contribution in [0.2, 0.25) is 5.02 Å². The summed E-state index contributed by atoms with van der Waals surface area (Å²) in [4.78, 5) is 11.9. The molecule has 2 aromatic carbocycles. The molecule has 1 saturated carbocycles. The molecule has 0 aromatic heterocycles. The van der Waals surface area contributed by atoms with E-state index in [1.807, 2.05) is 48.5 Å². The summed E-state index contributed by atoms with van der Waals surface area (Å²) in [7, 11) is -3.94. The van der Waals surface area contributed by atoms with Gasteiger partial charge in [0.15, 0.2) is 0 Å². The van der Waals surface area contributed by atoms with E-state index in [4.69, 9.17) is 11.6 Å². The van der Waals surface area contributed by atoms with E-state index in [2.05, 4.69) is 4.72 Å². The number of carboxylic acid groups (broad SMARTS) is 1. The van der Waals surface area contributed by atoms with Gasteiger partial charge in [-0.25, -0.2) is 0 Å². The molecule has 6 nitrogen and oxygen atoms in total. The minimum Gasteiger partial charge on any atom is -0.480 e. The molecule has 1 fully saturated rings. The minimum atomic E-state index is -3.94. The van der Waals surface area contributed by atoms with Gasteiger partial charge in [0.05, 0.1) is 0 Å². The lowest BCUT2D eigenvalue weighted by Crippen LogP contribution is -2.51. The van der Waals surface area contributed by atoms with Crippen LogP contribution in [0.3, 0.4) is 0 Å². The molecule has 0 bridgehead atoms. The van der Waals surface area contributed by atoms with Gasteiger partial charge in [0.25, 0.3) is 10.2 Å². The third kappa shape index (κ3) is 3.96. The number of nitrogens with one attached hydrogen (secondary N) is 1. The number of hydrogen-bond donors (Lipinski definition) is 2. The summed E-state index contributed by atoms with van der Waals surface area (Å²) in [6, 6.07) is 16.6. The quantitative estimate of drug-likeness (QED) is 0.733. The van der Waals surface area contributed by atoms with Crippen LogP contribution in [0, 0.1) is 0 Å². The molecule has 1 heterocycles. The van der Waals surface area contributed by atoms with E-state index in [-0.39, 0.29) is 25.4 Å². The van der Waals surface area contributed by atoms with Crippen molar-refractivity contribution >= 4 is 33.4 Å². The fraction of sp³-hybridized carbons (Fsp3) is 0.286. The smallest absolute Gasteiger partial charge is 0.325 e. The number of carboxylic acids is 1. The first-order valence-corrected chi connectivity index (χ1v) is 11.2. The highest BCUT2D eigenvalue weighted by atomic mass is 35.5. The van der Waals surface area contributed by atoms with E-state index in [9.17, 15) is 18.3 Å². The largest absolute Gasteiger partial charge is 0.480 e. The standard InChI is InChI=1S/C21H21ClN2O4S/c22-18-8-6-15(7-9-18)16-10-12-24(13-11-16)29(27,28)23-21(20(25)26)14-19(21)17-4-2-1-3-5-17/h1-10,19,23H,11-14H2,(H,25,26)/t19-,21+/m0/s1. The van der Waals surface area contributed by atoms with Crippen molar-refractivity contribution in [2.24, 2.45) is 0 Å². The molecule has 1 aliphatic heterocycles. The molecule has 29 heavy (non-hydrogen) atoms. The Hall–Kier alpha value is -2.19. The first-order valence-electron chi connectivity index (χ1n) is 9.34. The van der Waals surface area contributed by atoms with Crippen LogP contribution in [0.4, 0.5) is 0 Å². The Labute approximate surface area is 175 Å². The average Bonchev–Trinajstić information content (AvgIpc) is 3.44. The Morgan fingerprint density at radius 3 is 2.41 bits per heavy atom. The van der Waals surface area contributed by atoms with Crippen LogP contribution in [-0.4, -0.2) is 42.4 Å². The van der Waals surface area contributed by atoms with E-state index >= 15 is 0 Å². The monoisotopic (exact) mass is 432 g/mol. The lowest BCUT2D eigenvalue weighted by atomic mass is 10.0. The topological polar surface area (TPSA) is 86.7 Å². The maximum Gasteiger partial charge on any atom is 0.325 e. The number of carbonyl (C=O) groups is 1. The maximum atomic E-state index is 12.9. The number of aliphatic carboxylic acids is 1. The number of nitrogens with zero attached hydrogens (tertiary/aromatic N) is 1. The van der Waals surface area contributed by atoms with Crippen molar-refractivity contribution in [2.75, 3.05) is 13.1 Å². The first kappa shape index (κ1) is 20.1. The molecular weight excluding hydrogens is 412 g/mol. The Kier molecular flexibility index (Phi) is 5.25. The van der Waals surface area contributed by atoms with Crippen LogP contribution in [0.25, 0.3) is 5.57 Å². The Morgan fingerprint density at radius 2 is 1.83 bits per heavy atom. The molecule has 2 aromatic rings. The second-order valence-corrected chi connectivity index (χ2v) is 9.50. The lowest BCUT2D eigenvalue weighted by molar-refractivity contribution is -0.140. The Balaban J connectivity index is 1.49. The molecular formula is C21H21ClN2O4S. The average molecular weight is 433 g/mol. The van der Waals surface area contributed by atoms with Crippen LogP contribution in [0.15, 0.2) is 60.7 Å². The summed E-state index contributed by atoms with van der Waals surface area (Å²) in [5.41, 5.74) is 1.39. The SMILES string of the molecule is O=C(O)[C@@]1(NS(=O)(=O)N2CC=C(c3ccc(Cl)cc3)CC2)C[C@H]1c1ccccc1. The number of hydrogen-bond acceptors (Lipinski definition) is 3. The minimum absolute atomic E-state index is 0.193. The molecule has 0 spiro atoms. The summed E-state index contributed by atoms with van der Waals surface area (Å²) >= 11 is 5.92. The number of rotatable bonds is 6. The molecule has 0 unspecified atom stereocenters. The van der Waals surface area contributed by atoms with E-state index in [1.54, 1.807) is 12.1 Å². The molecule has 2 atom stereocenters. The van der Waals surface area contributed by atoms with Gasteiger partial charge >= 0.3 is 5.97 Å². The van der Waals surface area contributed by atoms with E-state index in [0.717, 1.165) is 16.7 Å². The van der Waals surface area contributed by atoms with E-state index < -0.39 is 21.7 Å². The zero-order chi connectivity index (χ0) is 20.6. The molecule has 0 amide bonds. The highest BCUT2D eigenvalue weighted by Crippen LogP contribution is 2.52. The van der Waals surface area contributed by atoms with Gasteiger partial charge in [-0.05, 0) is 41.7 Å². The van der Waals surface area contributed by atoms with Crippen molar-refractivity contribution < 1.29 is 18.3 Å². The number of benzene rings is 2. The van der Waals surface area contributed by atoms with Crippen molar-refractivity contribution in [2.45, 2.75) is 24.3 Å². The van der Waals surface area contributed by atoms with Gasteiger partial charge in [-0.3, -0.25) is 4.79 Å². The molecule has 0 radical (unpaired) electrons. The van der Waals surface area contributed by atoms with Crippen molar-refractivity contribution in [1.82, 2.24) is 9.03 Å². The van der Waals surface area contributed by atoms with Gasteiger partial charge in [0, 0.05) is 24.0 Å². The van der Waals surface area contributed by atoms with Crippen molar-refractivity contribution in [3.8, 4) is 0 Å². The second kappa shape index (κ2) is 7.57. The molecule has 4 rings (SSSR count). The molecule has 2 N–H and O–H groups in total. The lowest BCUT2D eigenvalue weighted by Gasteiger charge is -2.28. The van der Waals surface area contributed by atoms with Crippen LogP contribution >= 0.6 is 11.6 Å². The van der Waals surface area contributed by atoms with Gasteiger partial charge in [-0.15, -0.1) is 0 Å². The fourth-order valence-corrected chi connectivity index (χ4v) is 5.46. The predicted octanol–water partition coefficient (Wildman–Crippen LogP) is 3.27. The van der Waals surface area contributed by atoms with Crippen LogP contribution in [-0.2, 0) is 15.0 Å². The second-order valence-electron chi connectivity index (χ2n) is 7.40. The maximum absolute atomic E-state index is 12.9. The van der Waals surface area contributed by atoms with Gasteiger partial charge in [0.1, 0.15) is 5.54 Å². The molecule has 1 aliphatic carbocycles. The van der Waals surface area contributed by atoms with Crippen LogP contribution in [0.5, 0.6) is 0 Å². The van der Waals surface area contributed by atoms with E-state index in [1.165, 1.54) is 4.31 Å². The third-order valence-electron chi connectivity index (χ3n) is 5.58. The highest BCUT2D eigenvalue weighted by molar-refractivity contribution is 7.87. The number of halogens is 1. The summed E-state index contributed by atoms with van der Waals surface area (Å²) in [5.74, 6) is -1.52. The van der Waals surface area contributed by atoms with Crippen molar-refractivity contribution in [3.63, 3.8) is 0 Å². The van der Waals surface area contributed by atoms with Gasteiger partial charge in [-0.2, -0.15) is 17.4 Å². The third-order valence-corrected chi connectivity index (χ3v) is 7.47. The van der Waals surface area contributed by atoms with Crippen LogP contribution in [0.1, 0.15) is 29.9 Å². The Bertz CT molecular complexity index is 1050. The predicted molar refractivity (Wildman–Crippen MR) is 112 cm³/mol.